The van der Waals surface area contributed by atoms with Crippen LogP contribution in [0.25, 0.3) is 0 Å². The number of rotatable bonds is 3. The summed E-state index contributed by atoms with van der Waals surface area (Å²) in [6.45, 7) is 3.36. The Kier molecular flexibility index (Phi) is 3.92. The van der Waals surface area contributed by atoms with E-state index in [1.165, 1.54) is 6.92 Å². The number of esters is 1. The summed E-state index contributed by atoms with van der Waals surface area (Å²) in [7, 11) is 0. The van der Waals surface area contributed by atoms with Crippen LogP contribution in [-0.4, -0.2) is 10.4 Å². The first kappa shape index (κ1) is 11.5. The molecule has 1 atom stereocenters. The van der Waals surface area contributed by atoms with Gasteiger partial charge in [-0.2, -0.15) is 0 Å². The van der Waals surface area contributed by atoms with Gasteiger partial charge in [-0.25, -0.2) is 0 Å². The highest BCUT2D eigenvalue weighted by Crippen LogP contribution is 2.27. The highest BCUT2D eigenvalue weighted by atomic mass is 127. The van der Waals surface area contributed by atoms with Gasteiger partial charge < -0.3 is 4.74 Å². The molecule has 0 saturated heterocycles. The van der Waals surface area contributed by atoms with E-state index in [0.717, 1.165) is 9.99 Å². The number of halogens is 1. The Morgan fingerprint density at radius 2 is 2.00 bits per heavy atom. The molecule has 0 aliphatic carbocycles. The maximum absolute atomic E-state index is 11.0. The predicted molar refractivity (Wildman–Crippen MR) is 64.4 cm³/mol. The average molecular weight is 304 g/mol. The van der Waals surface area contributed by atoms with E-state index in [1.807, 2.05) is 37.3 Å². The molecule has 1 rings (SSSR count). The van der Waals surface area contributed by atoms with E-state index < -0.39 is 5.60 Å². The monoisotopic (exact) mass is 304 g/mol. The van der Waals surface area contributed by atoms with E-state index in [-0.39, 0.29) is 5.97 Å². The molecule has 0 bridgehead atoms. The van der Waals surface area contributed by atoms with E-state index in [1.54, 1.807) is 0 Å². The number of carbonyl (C=O) groups excluding carboxylic acids is 1. The first-order valence-corrected chi connectivity index (χ1v) is 5.92. The Morgan fingerprint density at radius 1 is 1.43 bits per heavy atom. The van der Waals surface area contributed by atoms with Gasteiger partial charge >= 0.3 is 5.97 Å². The smallest absolute Gasteiger partial charge is 0.303 e. The fraction of sp³-hybridized carbons (Fsp3) is 0.364. The maximum atomic E-state index is 11.0. The second-order valence-electron chi connectivity index (χ2n) is 3.32. The van der Waals surface area contributed by atoms with Crippen molar-refractivity contribution in [2.75, 3.05) is 4.43 Å². The molecule has 0 aliphatic heterocycles. The van der Waals surface area contributed by atoms with Crippen molar-refractivity contribution < 1.29 is 9.53 Å². The lowest BCUT2D eigenvalue weighted by Crippen LogP contribution is -2.29. The largest absolute Gasteiger partial charge is 0.454 e. The van der Waals surface area contributed by atoms with Gasteiger partial charge in [0, 0.05) is 11.4 Å². The van der Waals surface area contributed by atoms with Crippen molar-refractivity contribution in [2.45, 2.75) is 19.4 Å². The van der Waals surface area contributed by atoms with Crippen LogP contribution in [0.5, 0.6) is 0 Å². The van der Waals surface area contributed by atoms with E-state index in [2.05, 4.69) is 22.6 Å². The lowest BCUT2D eigenvalue weighted by molar-refractivity contribution is -0.153. The first-order valence-electron chi connectivity index (χ1n) is 4.39. The fourth-order valence-corrected chi connectivity index (χ4v) is 1.87. The number of carbonyl (C=O) groups is 1. The van der Waals surface area contributed by atoms with E-state index in [0.29, 0.717) is 0 Å². The van der Waals surface area contributed by atoms with Gasteiger partial charge in [0.05, 0.1) is 0 Å². The first-order chi connectivity index (χ1) is 6.58. The Balaban J connectivity index is 2.95. The summed E-state index contributed by atoms with van der Waals surface area (Å²) in [5, 5.41) is 0. The van der Waals surface area contributed by atoms with Crippen LogP contribution in [0.3, 0.4) is 0 Å². The average Bonchev–Trinajstić information content (AvgIpc) is 2.18. The maximum Gasteiger partial charge on any atom is 0.303 e. The molecule has 0 spiro atoms. The summed E-state index contributed by atoms with van der Waals surface area (Å²) in [5.41, 5.74) is 0.526. The summed E-state index contributed by atoms with van der Waals surface area (Å²) < 4.78 is 6.07. The van der Waals surface area contributed by atoms with E-state index in [4.69, 9.17) is 4.74 Å². The van der Waals surface area contributed by atoms with Crippen molar-refractivity contribution in [3.8, 4) is 0 Å². The van der Waals surface area contributed by atoms with Crippen molar-refractivity contribution in [3.63, 3.8) is 0 Å². The zero-order valence-corrected chi connectivity index (χ0v) is 10.4. The van der Waals surface area contributed by atoms with Gasteiger partial charge in [-0.1, -0.05) is 52.9 Å². The minimum absolute atomic E-state index is 0.243. The van der Waals surface area contributed by atoms with Crippen molar-refractivity contribution in [1.29, 1.82) is 0 Å². The normalized spacial score (nSPS) is 14.5. The molecule has 0 amide bonds. The summed E-state index contributed by atoms with van der Waals surface area (Å²) in [6.07, 6.45) is 0. The van der Waals surface area contributed by atoms with Crippen molar-refractivity contribution in [2.24, 2.45) is 0 Å². The molecule has 0 heterocycles. The molecule has 14 heavy (non-hydrogen) atoms. The molecular formula is C11H13IO2. The van der Waals surface area contributed by atoms with Crippen molar-refractivity contribution >= 4 is 28.6 Å². The topological polar surface area (TPSA) is 26.3 Å². The molecule has 0 saturated carbocycles. The van der Waals surface area contributed by atoms with Crippen molar-refractivity contribution in [3.05, 3.63) is 35.9 Å². The predicted octanol–water partition coefficient (Wildman–Crippen LogP) is 2.90. The molecule has 0 aromatic heterocycles. The van der Waals surface area contributed by atoms with Gasteiger partial charge in [0.15, 0.2) is 0 Å². The van der Waals surface area contributed by atoms with Crippen LogP contribution < -0.4 is 0 Å². The van der Waals surface area contributed by atoms with E-state index >= 15 is 0 Å². The zero-order valence-electron chi connectivity index (χ0n) is 8.29. The molecule has 76 valence electrons. The quantitative estimate of drug-likeness (QED) is 0.487. The number of alkyl halides is 1. The lowest BCUT2D eigenvalue weighted by Gasteiger charge is -2.27. The molecule has 1 aromatic rings. The summed E-state index contributed by atoms with van der Waals surface area (Å²) in [5.74, 6) is -0.243. The third kappa shape index (κ3) is 2.70. The Morgan fingerprint density at radius 3 is 2.43 bits per heavy atom. The van der Waals surface area contributed by atoms with Gasteiger partial charge in [-0.05, 0) is 12.5 Å². The minimum Gasteiger partial charge on any atom is -0.454 e. The van der Waals surface area contributed by atoms with Crippen LogP contribution in [-0.2, 0) is 15.1 Å². The summed E-state index contributed by atoms with van der Waals surface area (Å²) >= 11 is 2.23. The summed E-state index contributed by atoms with van der Waals surface area (Å²) in [6, 6.07) is 9.79. The Labute approximate surface area is 97.8 Å². The molecule has 1 aromatic carbocycles. The lowest BCUT2D eigenvalue weighted by atomic mass is 9.98. The second-order valence-corrected chi connectivity index (χ2v) is 4.09. The fourth-order valence-electron chi connectivity index (χ4n) is 1.27. The van der Waals surface area contributed by atoms with Gasteiger partial charge in [0.2, 0.25) is 0 Å². The molecule has 0 aliphatic rings. The molecule has 1 unspecified atom stereocenters. The van der Waals surface area contributed by atoms with Crippen LogP contribution in [0.15, 0.2) is 30.3 Å². The molecule has 2 nitrogen and oxygen atoms in total. The van der Waals surface area contributed by atoms with Gasteiger partial charge in [-0.3, -0.25) is 4.79 Å². The van der Waals surface area contributed by atoms with Crippen LogP contribution in [0.4, 0.5) is 0 Å². The van der Waals surface area contributed by atoms with Crippen LogP contribution in [0.2, 0.25) is 0 Å². The third-order valence-electron chi connectivity index (χ3n) is 2.01. The Hall–Kier alpha value is -0.580. The molecular weight excluding hydrogens is 291 g/mol. The zero-order chi connectivity index (χ0) is 10.6. The minimum atomic E-state index is -0.506. The SMILES string of the molecule is CC(=O)OC(C)(CI)c1ccccc1. The van der Waals surface area contributed by atoms with Gasteiger partial charge in [-0.15, -0.1) is 0 Å². The van der Waals surface area contributed by atoms with Crippen LogP contribution >= 0.6 is 22.6 Å². The molecule has 0 fully saturated rings. The molecule has 3 heteroatoms. The summed E-state index contributed by atoms with van der Waals surface area (Å²) in [4.78, 5) is 11.0. The van der Waals surface area contributed by atoms with Gasteiger partial charge in [0.1, 0.15) is 5.60 Å². The van der Waals surface area contributed by atoms with Crippen LogP contribution in [0.1, 0.15) is 19.4 Å². The van der Waals surface area contributed by atoms with Crippen LogP contribution in [0, 0.1) is 0 Å². The molecule has 0 N–H and O–H groups in total. The number of hydrogen-bond donors (Lipinski definition) is 0. The third-order valence-corrected chi connectivity index (χ3v) is 3.46. The highest BCUT2D eigenvalue weighted by Gasteiger charge is 2.28. The number of hydrogen-bond acceptors (Lipinski definition) is 2. The Bertz CT molecular complexity index is 310. The van der Waals surface area contributed by atoms with E-state index in [9.17, 15) is 4.79 Å². The highest BCUT2D eigenvalue weighted by molar-refractivity contribution is 14.1. The van der Waals surface area contributed by atoms with Gasteiger partial charge in [0.25, 0.3) is 0 Å². The second kappa shape index (κ2) is 4.77. The molecule has 0 radical (unpaired) electrons. The standard InChI is InChI=1S/C11H13IO2/c1-9(13)14-11(2,8-12)10-6-4-3-5-7-10/h3-7H,8H2,1-2H3. The van der Waals surface area contributed by atoms with Crippen molar-refractivity contribution in [1.82, 2.24) is 0 Å². The number of benzene rings is 1. The number of ether oxygens (including phenoxy) is 1.